The van der Waals surface area contributed by atoms with Crippen molar-refractivity contribution >= 4 is 12.6 Å². The van der Waals surface area contributed by atoms with Crippen LogP contribution < -0.4 is 0 Å². The second-order valence-electron chi connectivity index (χ2n) is 5.22. The molecule has 0 amide bonds. The highest BCUT2D eigenvalue weighted by molar-refractivity contribution is 7.80. The Bertz CT molecular complexity index is 232. The summed E-state index contributed by atoms with van der Waals surface area (Å²) < 4.78 is 5.23. The van der Waals surface area contributed by atoms with Crippen molar-refractivity contribution in [3.8, 4) is 0 Å². The van der Waals surface area contributed by atoms with Crippen molar-refractivity contribution in [1.82, 2.24) is 0 Å². The van der Waals surface area contributed by atoms with Crippen molar-refractivity contribution in [1.29, 1.82) is 0 Å². The van der Waals surface area contributed by atoms with Crippen molar-refractivity contribution in [2.75, 3.05) is 25.6 Å². The summed E-state index contributed by atoms with van der Waals surface area (Å²) in [6, 6.07) is 0. The number of hydrogen-bond acceptors (Lipinski definition) is 7. The Labute approximate surface area is 132 Å². The number of rotatable bonds is 14. The van der Waals surface area contributed by atoms with E-state index >= 15 is 0 Å². The van der Waals surface area contributed by atoms with Crippen LogP contribution in [0, 0.1) is 0 Å². The van der Waals surface area contributed by atoms with Crippen LogP contribution >= 0.6 is 12.6 Å². The fraction of sp³-hybridized carbons (Fsp3) is 1.00. The lowest BCUT2D eigenvalue weighted by atomic mass is 10.0. The number of unbranched alkanes of at least 4 members (excludes halogenated alkanes) is 5. The van der Waals surface area contributed by atoms with E-state index in [0.29, 0.717) is 6.61 Å². The Hall–Kier alpha value is 0.110. The van der Waals surface area contributed by atoms with Gasteiger partial charge >= 0.3 is 0 Å². The molecule has 0 saturated carbocycles. The van der Waals surface area contributed by atoms with Gasteiger partial charge in [-0.05, 0) is 18.6 Å². The van der Waals surface area contributed by atoms with Gasteiger partial charge in [-0.3, -0.25) is 0 Å². The molecule has 21 heavy (non-hydrogen) atoms. The molecule has 0 aliphatic rings. The summed E-state index contributed by atoms with van der Waals surface area (Å²) in [5, 5.41) is 46.4. The van der Waals surface area contributed by atoms with E-state index in [2.05, 4.69) is 12.6 Å². The van der Waals surface area contributed by atoms with Crippen molar-refractivity contribution in [2.24, 2.45) is 0 Å². The smallest absolute Gasteiger partial charge is 0.111 e. The molecule has 0 aliphatic heterocycles. The fourth-order valence-electron chi connectivity index (χ4n) is 1.89. The average molecular weight is 326 g/mol. The molecule has 0 radical (unpaired) electrons. The van der Waals surface area contributed by atoms with E-state index in [9.17, 15) is 15.3 Å². The highest BCUT2D eigenvalue weighted by atomic mass is 32.1. The molecular weight excluding hydrogens is 296 g/mol. The zero-order valence-electron chi connectivity index (χ0n) is 12.5. The van der Waals surface area contributed by atoms with Gasteiger partial charge in [0.15, 0.2) is 0 Å². The minimum Gasteiger partial charge on any atom is -0.394 e. The third-order valence-electron chi connectivity index (χ3n) is 3.31. The number of thiol groups is 1. The third kappa shape index (κ3) is 10.5. The maximum absolute atomic E-state index is 9.60. The Morgan fingerprint density at radius 2 is 1.29 bits per heavy atom. The van der Waals surface area contributed by atoms with Gasteiger partial charge in [0.1, 0.15) is 24.4 Å². The van der Waals surface area contributed by atoms with Crippen LogP contribution in [0.5, 0.6) is 0 Å². The van der Waals surface area contributed by atoms with Crippen LogP contribution in [0.15, 0.2) is 0 Å². The van der Waals surface area contributed by atoms with Crippen LogP contribution in [0.25, 0.3) is 0 Å². The first-order valence-corrected chi connectivity index (χ1v) is 8.19. The molecule has 0 fully saturated rings. The van der Waals surface area contributed by atoms with E-state index in [1.165, 1.54) is 12.8 Å². The van der Waals surface area contributed by atoms with Crippen LogP contribution in [-0.4, -0.2) is 75.5 Å². The molecule has 0 heterocycles. The van der Waals surface area contributed by atoms with Gasteiger partial charge in [0, 0.05) is 6.61 Å². The van der Waals surface area contributed by atoms with E-state index < -0.39 is 31.0 Å². The van der Waals surface area contributed by atoms with Crippen molar-refractivity contribution < 1.29 is 30.3 Å². The molecule has 6 nitrogen and oxygen atoms in total. The van der Waals surface area contributed by atoms with E-state index in [1.807, 2.05) is 0 Å². The molecule has 0 unspecified atom stereocenters. The van der Waals surface area contributed by atoms with Crippen LogP contribution in [0.4, 0.5) is 0 Å². The summed E-state index contributed by atoms with van der Waals surface area (Å²) in [4.78, 5) is 0. The minimum atomic E-state index is -1.60. The normalized spacial score (nSPS) is 17.4. The lowest BCUT2D eigenvalue weighted by Crippen LogP contribution is -2.47. The van der Waals surface area contributed by atoms with Gasteiger partial charge in [0.2, 0.25) is 0 Å². The molecule has 7 heteroatoms. The van der Waals surface area contributed by atoms with E-state index in [4.69, 9.17) is 14.9 Å². The van der Waals surface area contributed by atoms with E-state index in [0.717, 1.165) is 31.4 Å². The highest BCUT2D eigenvalue weighted by Gasteiger charge is 2.29. The summed E-state index contributed by atoms with van der Waals surface area (Å²) in [6.45, 7) is -0.315. The van der Waals surface area contributed by atoms with Crippen LogP contribution in [-0.2, 0) is 4.74 Å². The van der Waals surface area contributed by atoms with Crippen molar-refractivity contribution in [2.45, 2.75) is 62.9 Å². The van der Waals surface area contributed by atoms with E-state index in [-0.39, 0.29) is 6.61 Å². The second-order valence-corrected chi connectivity index (χ2v) is 5.67. The molecule has 0 saturated heterocycles. The number of aliphatic hydroxyl groups is 5. The van der Waals surface area contributed by atoms with Gasteiger partial charge in [-0.25, -0.2) is 0 Å². The Morgan fingerprint density at radius 1 is 0.762 bits per heavy atom. The SMILES string of the molecule is OC[C@@H](O)[C@@H](O)[C@H](O)[C@H](O)COCCCCCCCCS. The standard InChI is InChI=1S/C14H30O6S/c15-9-11(16)13(18)14(19)12(17)10-20-7-5-3-1-2-4-6-8-21/h11-19,21H,1-10H2/t11-,12-,13-,14-/m1/s1. The zero-order valence-corrected chi connectivity index (χ0v) is 13.4. The number of ether oxygens (including phenoxy) is 1. The third-order valence-corrected chi connectivity index (χ3v) is 3.63. The zero-order chi connectivity index (χ0) is 16.1. The van der Waals surface area contributed by atoms with Gasteiger partial charge in [0.25, 0.3) is 0 Å². The summed E-state index contributed by atoms with van der Waals surface area (Å²) in [7, 11) is 0. The van der Waals surface area contributed by atoms with Gasteiger partial charge in [-0.2, -0.15) is 12.6 Å². The molecule has 5 N–H and O–H groups in total. The predicted octanol–water partition coefficient (Wildman–Crippen LogP) is -0.291. The first-order valence-electron chi connectivity index (χ1n) is 7.56. The predicted molar refractivity (Wildman–Crippen MR) is 83.5 cm³/mol. The summed E-state index contributed by atoms with van der Waals surface area (Å²) in [5.74, 6) is 0.931. The molecule has 0 aliphatic carbocycles. The maximum Gasteiger partial charge on any atom is 0.111 e. The molecule has 128 valence electrons. The van der Waals surface area contributed by atoms with Gasteiger partial charge in [0.05, 0.1) is 13.2 Å². The molecule has 0 spiro atoms. The Kier molecular flexibility index (Phi) is 13.8. The Balaban J connectivity index is 3.54. The van der Waals surface area contributed by atoms with Crippen LogP contribution in [0.3, 0.4) is 0 Å². The summed E-state index contributed by atoms with van der Waals surface area (Å²) in [6.07, 6.45) is 0.684. The fourth-order valence-corrected chi connectivity index (χ4v) is 2.11. The number of aliphatic hydroxyl groups excluding tert-OH is 5. The first kappa shape index (κ1) is 21.1. The van der Waals surface area contributed by atoms with Crippen molar-refractivity contribution in [3.63, 3.8) is 0 Å². The summed E-state index contributed by atoms with van der Waals surface area (Å²) in [5.41, 5.74) is 0. The monoisotopic (exact) mass is 326 g/mol. The second kappa shape index (κ2) is 13.8. The minimum absolute atomic E-state index is 0.115. The Morgan fingerprint density at radius 3 is 1.86 bits per heavy atom. The first-order chi connectivity index (χ1) is 10.0. The lowest BCUT2D eigenvalue weighted by Gasteiger charge is -2.25. The molecule has 0 aromatic heterocycles. The largest absolute Gasteiger partial charge is 0.394 e. The lowest BCUT2D eigenvalue weighted by molar-refractivity contribution is -0.129. The molecule has 0 rings (SSSR count). The molecule has 4 atom stereocenters. The molecule has 0 bridgehead atoms. The van der Waals surface area contributed by atoms with Gasteiger partial charge < -0.3 is 30.3 Å². The molecule has 0 aromatic carbocycles. The number of hydrogen-bond donors (Lipinski definition) is 6. The molecular formula is C14H30O6S. The van der Waals surface area contributed by atoms with Crippen LogP contribution in [0.2, 0.25) is 0 Å². The maximum atomic E-state index is 9.60. The average Bonchev–Trinajstić information content (AvgIpc) is 2.50. The quantitative estimate of drug-likeness (QED) is 0.193. The van der Waals surface area contributed by atoms with Gasteiger partial charge in [-0.1, -0.05) is 25.7 Å². The molecule has 0 aromatic rings. The highest BCUT2D eigenvalue weighted by Crippen LogP contribution is 2.08. The topological polar surface area (TPSA) is 110 Å². The van der Waals surface area contributed by atoms with E-state index in [1.54, 1.807) is 0 Å². The van der Waals surface area contributed by atoms with Gasteiger partial charge in [-0.15, -0.1) is 0 Å². The summed E-state index contributed by atoms with van der Waals surface area (Å²) >= 11 is 4.15. The van der Waals surface area contributed by atoms with Crippen LogP contribution in [0.1, 0.15) is 38.5 Å². The van der Waals surface area contributed by atoms with Crippen molar-refractivity contribution in [3.05, 3.63) is 0 Å².